The van der Waals surface area contributed by atoms with Crippen LogP contribution in [0.25, 0.3) is 17.2 Å². The van der Waals surface area contributed by atoms with Crippen LogP contribution in [0.4, 0.5) is 5.95 Å². The van der Waals surface area contributed by atoms with Crippen LogP contribution in [-0.4, -0.2) is 50.5 Å². The molecule has 0 aliphatic heterocycles. The van der Waals surface area contributed by atoms with Crippen molar-refractivity contribution in [2.45, 2.75) is 26.3 Å². The molecule has 28 heavy (non-hydrogen) atoms. The van der Waals surface area contributed by atoms with Gasteiger partial charge in [-0.2, -0.15) is 4.98 Å². The third-order valence-corrected chi connectivity index (χ3v) is 3.95. The summed E-state index contributed by atoms with van der Waals surface area (Å²) < 4.78 is 5.31. The quantitative estimate of drug-likeness (QED) is 0.548. The van der Waals surface area contributed by atoms with E-state index in [1.165, 1.54) is 0 Å². The van der Waals surface area contributed by atoms with E-state index in [1.54, 1.807) is 25.6 Å². The molecular formula is C19H23N7O2. The van der Waals surface area contributed by atoms with Gasteiger partial charge in [0.1, 0.15) is 0 Å². The first kappa shape index (κ1) is 19.3. The van der Waals surface area contributed by atoms with Gasteiger partial charge >= 0.3 is 0 Å². The number of pyridine rings is 1. The van der Waals surface area contributed by atoms with Gasteiger partial charge in [0.15, 0.2) is 11.5 Å². The summed E-state index contributed by atoms with van der Waals surface area (Å²) in [7, 11) is 1.57. The van der Waals surface area contributed by atoms with Crippen LogP contribution in [0, 0.1) is 0 Å². The molecule has 3 aromatic rings. The number of carbonyl (C=O) groups is 1. The molecule has 1 amide bonds. The van der Waals surface area contributed by atoms with Crippen molar-refractivity contribution in [3.05, 3.63) is 42.0 Å². The number of nitrogens with one attached hydrogen (secondary N) is 3. The van der Waals surface area contributed by atoms with Crippen molar-refractivity contribution < 1.29 is 9.53 Å². The van der Waals surface area contributed by atoms with E-state index in [9.17, 15) is 4.79 Å². The van der Waals surface area contributed by atoms with Gasteiger partial charge in [0.2, 0.25) is 11.8 Å². The molecule has 3 aromatic heterocycles. The van der Waals surface area contributed by atoms with Crippen LogP contribution in [0.3, 0.4) is 0 Å². The Morgan fingerprint density at radius 3 is 2.96 bits per heavy atom. The Balaban J connectivity index is 1.59. The SMILES string of the molecule is CCNc1ncc(/C=C/C[C@H](C)NC(=O)c2nc3ncccc3[nH]2)c(OC)n1. The van der Waals surface area contributed by atoms with Gasteiger partial charge in [0, 0.05) is 25.0 Å². The largest absolute Gasteiger partial charge is 0.480 e. The van der Waals surface area contributed by atoms with Crippen LogP contribution in [-0.2, 0) is 0 Å². The maximum Gasteiger partial charge on any atom is 0.287 e. The lowest BCUT2D eigenvalue weighted by Crippen LogP contribution is -2.32. The van der Waals surface area contributed by atoms with Crippen molar-refractivity contribution in [3.63, 3.8) is 0 Å². The number of carbonyl (C=O) groups excluding carboxylic acids is 1. The number of H-pyrrole nitrogens is 1. The van der Waals surface area contributed by atoms with Gasteiger partial charge in [-0.15, -0.1) is 0 Å². The number of methoxy groups -OCH3 is 1. The normalized spacial score (nSPS) is 12.2. The van der Waals surface area contributed by atoms with Crippen LogP contribution in [0.5, 0.6) is 5.88 Å². The average molecular weight is 381 g/mol. The highest BCUT2D eigenvalue weighted by molar-refractivity contribution is 5.93. The number of nitrogens with zero attached hydrogens (tertiary/aromatic N) is 4. The summed E-state index contributed by atoms with van der Waals surface area (Å²) in [6.45, 7) is 4.63. The molecule has 0 aliphatic carbocycles. The van der Waals surface area contributed by atoms with E-state index in [0.29, 0.717) is 23.9 Å². The standard InChI is InChI=1S/C19H23N7O2/c1-4-20-19-22-11-13(18(26-19)28-3)8-5-7-12(2)23-17(27)16-24-14-9-6-10-21-15(14)25-16/h5-6,8-12H,4,7H2,1-3H3,(H,23,27)(H,20,22,26)(H,21,24,25)/b8-5+/t12-/m0/s1. The number of anilines is 1. The summed E-state index contributed by atoms with van der Waals surface area (Å²) in [6.07, 6.45) is 7.79. The summed E-state index contributed by atoms with van der Waals surface area (Å²) >= 11 is 0. The zero-order valence-corrected chi connectivity index (χ0v) is 16.1. The predicted octanol–water partition coefficient (Wildman–Crippen LogP) is 2.41. The summed E-state index contributed by atoms with van der Waals surface area (Å²) in [5.74, 6) is 1.000. The predicted molar refractivity (Wildman–Crippen MR) is 107 cm³/mol. The lowest BCUT2D eigenvalue weighted by atomic mass is 10.2. The van der Waals surface area contributed by atoms with E-state index in [-0.39, 0.29) is 17.8 Å². The fourth-order valence-electron chi connectivity index (χ4n) is 2.60. The Morgan fingerprint density at radius 2 is 2.21 bits per heavy atom. The Labute approximate surface area is 162 Å². The first-order valence-electron chi connectivity index (χ1n) is 9.03. The molecule has 146 valence electrons. The number of rotatable bonds is 8. The molecule has 3 N–H and O–H groups in total. The second kappa shape index (κ2) is 8.94. The van der Waals surface area contributed by atoms with Crippen LogP contribution >= 0.6 is 0 Å². The monoisotopic (exact) mass is 381 g/mol. The first-order valence-corrected chi connectivity index (χ1v) is 9.03. The zero-order valence-electron chi connectivity index (χ0n) is 16.1. The topological polar surface area (TPSA) is 118 Å². The molecule has 9 nitrogen and oxygen atoms in total. The molecule has 0 saturated heterocycles. The minimum atomic E-state index is -0.269. The van der Waals surface area contributed by atoms with Gasteiger partial charge in [-0.05, 0) is 32.4 Å². The highest BCUT2D eigenvalue weighted by Crippen LogP contribution is 2.18. The Kier molecular flexibility index (Phi) is 6.15. The van der Waals surface area contributed by atoms with Crippen molar-refractivity contribution >= 4 is 29.1 Å². The molecule has 1 atom stereocenters. The molecule has 0 aromatic carbocycles. The fraction of sp³-hybridized carbons (Fsp3) is 0.316. The maximum atomic E-state index is 12.4. The minimum Gasteiger partial charge on any atom is -0.480 e. The molecule has 0 unspecified atom stereocenters. The number of ether oxygens (including phenoxy) is 1. The van der Waals surface area contributed by atoms with Gasteiger partial charge < -0.3 is 20.4 Å². The average Bonchev–Trinajstić information content (AvgIpc) is 3.13. The minimum absolute atomic E-state index is 0.0853. The molecule has 3 rings (SSSR count). The number of aromatic amines is 1. The lowest BCUT2D eigenvalue weighted by Gasteiger charge is -2.10. The number of aromatic nitrogens is 5. The maximum absolute atomic E-state index is 12.4. The molecular weight excluding hydrogens is 358 g/mol. The van der Waals surface area contributed by atoms with E-state index >= 15 is 0 Å². The van der Waals surface area contributed by atoms with Crippen molar-refractivity contribution in [1.82, 2.24) is 30.2 Å². The second-order valence-electron chi connectivity index (χ2n) is 6.16. The van der Waals surface area contributed by atoms with E-state index in [1.807, 2.05) is 32.1 Å². The lowest BCUT2D eigenvalue weighted by molar-refractivity contribution is 0.0931. The Hall–Kier alpha value is -3.49. The molecule has 0 bridgehead atoms. The molecule has 0 saturated carbocycles. The van der Waals surface area contributed by atoms with Crippen molar-refractivity contribution in [2.24, 2.45) is 0 Å². The molecule has 3 heterocycles. The van der Waals surface area contributed by atoms with Crippen LogP contribution in [0.15, 0.2) is 30.6 Å². The Morgan fingerprint density at radius 1 is 1.36 bits per heavy atom. The highest BCUT2D eigenvalue weighted by Gasteiger charge is 2.14. The molecule has 9 heteroatoms. The summed E-state index contributed by atoms with van der Waals surface area (Å²) in [5.41, 5.74) is 2.02. The number of hydrogen-bond acceptors (Lipinski definition) is 7. The van der Waals surface area contributed by atoms with Crippen LogP contribution < -0.4 is 15.4 Å². The first-order chi connectivity index (χ1) is 13.6. The van der Waals surface area contributed by atoms with Gasteiger partial charge in [0.25, 0.3) is 5.91 Å². The Bertz CT molecular complexity index is 950. The van der Waals surface area contributed by atoms with E-state index in [2.05, 4.69) is 35.6 Å². The van der Waals surface area contributed by atoms with Gasteiger partial charge in [0.05, 0.1) is 18.2 Å². The van der Waals surface area contributed by atoms with Gasteiger partial charge in [-0.25, -0.2) is 15.0 Å². The van der Waals surface area contributed by atoms with Crippen LogP contribution in [0.1, 0.15) is 36.5 Å². The summed E-state index contributed by atoms with van der Waals surface area (Å²) in [5, 5.41) is 5.96. The number of hydrogen-bond donors (Lipinski definition) is 3. The van der Waals surface area contributed by atoms with Crippen molar-refractivity contribution in [2.75, 3.05) is 19.0 Å². The van der Waals surface area contributed by atoms with Crippen LogP contribution in [0.2, 0.25) is 0 Å². The van der Waals surface area contributed by atoms with Gasteiger partial charge in [-0.1, -0.05) is 12.2 Å². The molecule has 0 aliphatic rings. The summed E-state index contributed by atoms with van der Waals surface area (Å²) in [6, 6.07) is 3.53. The molecule has 0 spiro atoms. The smallest absolute Gasteiger partial charge is 0.287 e. The van der Waals surface area contributed by atoms with E-state index in [0.717, 1.165) is 17.6 Å². The summed E-state index contributed by atoms with van der Waals surface area (Å²) in [4.78, 5) is 32.2. The second-order valence-corrected chi connectivity index (χ2v) is 6.16. The highest BCUT2D eigenvalue weighted by atomic mass is 16.5. The van der Waals surface area contributed by atoms with E-state index in [4.69, 9.17) is 4.74 Å². The number of amides is 1. The van der Waals surface area contributed by atoms with Crippen molar-refractivity contribution in [3.8, 4) is 5.88 Å². The molecule has 0 radical (unpaired) electrons. The van der Waals surface area contributed by atoms with Gasteiger partial charge in [-0.3, -0.25) is 4.79 Å². The molecule has 0 fully saturated rings. The zero-order chi connectivity index (χ0) is 19.9. The fourth-order valence-corrected chi connectivity index (χ4v) is 2.60. The third-order valence-electron chi connectivity index (χ3n) is 3.95. The number of fused-ring (bicyclic) bond motifs is 1. The third kappa shape index (κ3) is 4.61. The van der Waals surface area contributed by atoms with E-state index < -0.39 is 0 Å². The number of imidazole rings is 1. The van der Waals surface area contributed by atoms with Crippen molar-refractivity contribution in [1.29, 1.82) is 0 Å².